The van der Waals surface area contributed by atoms with Crippen molar-refractivity contribution in [2.24, 2.45) is 5.92 Å². The summed E-state index contributed by atoms with van der Waals surface area (Å²) in [4.78, 5) is 8.22. The van der Waals surface area contributed by atoms with E-state index in [9.17, 15) is 0 Å². The van der Waals surface area contributed by atoms with Crippen LogP contribution in [0.25, 0.3) is 11.0 Å². The number of hydrogen-bond donors (Lipinski definition) is 0. The van der Waals surface area contributed by atoms with Crippen LogP contribution in [0.2, 0.25) is 0 Å². The number of likely N-dealkylation sites (tertiary alicyclic amines) is 2. The van der Waals surface area contributed by atoms with Crippen LogP contribution in [0, 0.1) is 5.92 Å². The van der Waals surface area contributed by atoms with Gasteiger partial charge < -0.3 is 9.80 Å². The van der Waals surface area contributed by atoms with Crippen molar-refractivity contribution in [3.63, 3.8) is 0 Å². The summed E-state index contributed by atoms with van der Waals surface area (Å²) >= 11 is 0. The van der Waals surface area contributed by atoms with Crippen LogP contribution in [-0.4, -0.2) is 76.9 Å². The lowest BCUT2D eigenvalue weighted by Crippen LogP contribution is -2.46. The maximum Gasteiger partial charge on any atom is 0.135 e. The molecule has 1 saturated carbocycles. The van der Waals surface area contributed by atoms with Crippen molar-refractivity contribution in [2.45, 2.75) is 70.4 Å². The Morgan fingerprint density at radius 3 is 2.61 bits per heavy atom. The topological polar surface area (TPSA) is 48.6 Å². The lowest BCUT2D eigenvalue weighted by molar-refractivity contribution is 0.0912. The molecule has 1 aromatic carbocycles. The molecule has 6 nitrogen and oxygen atoms in total. The zero-order valence-corrected chi connectivity index (χ0v) is 19.1. The molecule has 0 radical (unpaired) electrons. The molecule has 2 saturated heterocycles. The zero-order chi connectivity index (χ0) is 20.9. The van der Waals surface area contributed by atoms with Crippen LogP contribution in [0.1, 0.15) is 63.4 Å². The smallest absolute Gasteiger partial charge is 0.135 e. The van der Waals surface area contributed by atoms with Crippen LogP contribution in [0.5, 0.6) is 0 Å². The van der Waals surface area contributed by atoms with Gasteiger partial charge in [0, 0.05) is 38.8 Å². The van der Waals surface area contributed by atoms with Crippen LogP contribution in [0.3, 0.4) is 0 Å². The lowest BCUT2D eigenvalue weighted by Gasteiger charge is -2.39. The fraction of sp³-hybridized carbons (Fsp3) is 0.760. The van der Waals surface area contributed by atoms with E-state index in [0.29, 0.717) is 0 Å². The minimum Gasteiger partial charge on any atom is -0.302 e. The van der Waals surface area contributed by atoms with Crippen molar-refractivity contribution >= 4 is 11.0 Å². The molecule has 2 aromatic rings. The van der Waals surface area contributed by atoms with Gasteiger partial charge in [0.05, 0.1) is 0 Å². The summed E-state index contributed by atoms with van der Waals surface area (Å²) in [5.41, 5.74) is 3.05. The Morgan fingerprint density at radius 1 is 0.903 bits per heavy atom. The zero-order valence-electron chi connectivity index (χ0n) is 19.1. The highest BCUT2D eigenvalue weighted by molar-refractivity contribution is 5.73. The van der Waals surface area contributed by atoms with Crippen molar-refractivity contribution in [3.05, 3.63) is 23.8 Å². The molecule has 2 aliphatic heterocycles. The van der Waals surface area contributed by atoms with Gasteiger partial charge in [-0.1, -0.05) is 25.3 Å². The van der Waals surface area contributed by atoms with E-state index in [-0.39, 0.29) is 0 Å². The maximum absolute atomic E-state index is 4.91. The summed E-state index contributed by atoms with van der Waals surface area (Å²) in [6, 6.07) is 7.27. The number of aromatic nitrogens is 2. The van der Waals surface area contributed by atoms with Gasteiger partial charge in [-0.15, -0.1) is 0 Å². The summed E-state index contributed by atoms with van der Waals surface area (Å²) in [7, 11) is 0. The number of piperidine rings is 2. The molecular formula is C25H39N5O. The number of hydrogen-bond acceptors (Lipinski definition) is 6. The van der Waals surface area contributed by atoms with E-state index in [1.54, 1.807) is 0 Å². The van der Waals surface area contributed by atoms with Crippen molar-refractivity contribution in [2.75, 3.05) is 45.8 Å². The standard InChI is InChI=1S/C25H39N5O/c1-4-12-28(13-5-1)15-16-29(18-21-10-11-24-25(17-21)27-31-26-24)19-22-7-6-14-30(20-22)23-8-2-3-9-23/h10-11,17,22-23H,1-9,12-16,18-20H2/t22-/m1/s1. The monoisotopic (exact) mass is 425 g/mol. The maximum atomic E-state index is 4.91. The highest BCUT2D eigenvalue weighted by Crippen LogP contribution is 2.28. The molecule has 1 atom stereocenters. The van der Waals surface area contributed by atoms with Gasteiger partial charge in [-0.05, 0) is 92.1 Å². The van der Waals surface area contributed by atoms with Crippen LogP contribution >= 0.6 is 0 Å². The third kappa shape index (κ3) is 5.65. The molecule has 31 heavy (non-hydrogen) atoms. The Morgan fingerprint density at radius 2 is 1.74 bits per heavy atom. The summed E-state index contributed by atoms with van der Waals surface area (Å²) in [5, 5.41) is 8.02. The summed E-state index contributed by atoms with van der Waals surface area (Å²) < 4.78 is 4.91. The summed E-state index contributed by atoms with van der Waals surface area (Å²) in [6.07, 6.45) is 12.6. The van der Waals surface area contributed by atoms with Crippen LogP contribution in [0.4, 0.5) is 0 Å². The highest BCUT2D eigenvalue weighted by atomic mass is 16.6. The average Bonchev–Trinajstić information content (AvgIpc) is 3.50. The first kappa shape index (κ1) is 21.4. The molecule has 0 unspecified atom stereocenters. The molecule has 170 valence electrons. The molecule has 3 heterocycles. The van der Waals surface area contributed by atoms with Crippen molar-refractivity contribution in [1.29, 1.82) is 0 Å². The molecular weight excluding hydrogens is 386 g/mol. The van der Waals surface area contributed by atoms with Gasteiger partial charge in [0.15, 0.2) is 0 Å². The fourth-order valence-corrected chi connectivity index (χ4v) is 6.10. The molecule has 5 rings (SSSR count). The van der Waals surface area contributed by atoms with Gasteiger partial charge in [-0.2, -0.15) is 0 Å². The largest absolute Gasteiger partial charge is 0.302 e. The Bertz CT molecular complexity index is 811. The van der Waals surface area contributed by atoms with Crippen molar-refractivity contribution in [3.8, 4) is 0 Å². The molecule has 0 bridgehead atoms. The predicted octanol–water partition coefficient (Wildman–Crippen LogP) is 4.17. The molecule has 1 aromatic heterocycles. The van der Waals surface area contributed by atoms with Crippen LogP contribution in [-0.2, 0) is 6.54 Å². The second-order valence-corrected chi connectivity index (χ2v) is 10.2. The highest BCUT2D eigenvalue weighted by Gasteiger charge is 2.29. The average molecular weight is 426 g/mol. The molecule has 3 fully saturated rings. The van der Waals surface area contributed by atoms with Gasteiger partial charge in [0.25, 0.3) is 0 Å². The third-order valence-electron chi connectivity index (χ3n) is 7.81. The van der Waals surface area contributed by atoms with E-state index < -0.39 is 0 Å². The van der Waals surface area contributed by atoms with E-state index in [1.165, 1.54) is 103 Å². The van der Waals surface area contributed by atoms with Gasteiger partial charge in [-0.3, -0.25) is 4.90 Å². The minimum absolute atomic E-state index is 0.799. The summed E-state index contributed by atoms with van der Waals surface area (Å²) in [5.74, 6) is 0.799. The van der Waals surface area contributed by atoms with Crippen molar-refractivity contribution in [1.82, 2.24) is 25.0 Å². The second kappa shape index (κ2) is 10.4. The van der Waals surface area contributed by atoms with Gasteiger partial charge in [0.2, 0.25) is 0 Å². The van der Waals surface area contributed by atoms with Gasteiger partial charge in [0.1, 0.15) is 11.0 Å². The Kier molecular flexibility index (Phi) is 7.17. The quantitative estimate of drug-likeness (QED) is 0.633. The number of nitrogens with zero attached hydrogens (tertiary/aromatic N) is 5. The first-order valence-electron chi connectivity index (χ1n) is 12.7. The lowest BCUT2D eigenvalue weighted by atomic mass is 9.95. The van der Waals surface area contributed by atoms with E-state index in [4.69, 9.17) is 4.63 Å². The third-order valence-corrected chi connectivity index (χ3v) is 7.81. The molecule has 0 amide bonds. The van der Waals surface area contributed by atoms with Gasteiger partial charge >= 0.3 is 0 Å². The van der Waals surface area contributed by atoms with E-state index in [0.717, 1.165) is 36.1 Å². The van der Waals surface area contributed by atoms with E-state index >= 15 is 0 Å². The molecule has 6 heteroatoms. The first-order chi connectivity index (χ1) is 15.3. The Balaban J connectivity index is 1.23. The van der Waals surface area contributed by atoms with Crippen molar-refractivity contribution < 1.29 is 4.63 Å². The van der Waals surface area contributed by atoms with E-state index in [2.05, 4.69) is 37.1 Å². The Labute approximate surface area is 186 Å². The minimum atomic E-state index is 0.799. The first-order valence-corrected chi connectivity index (χ1v) is 12.7. The number of rotatable bonds is 8. The normalized spacial score (nSPS) is 24.5. The summed E-state index contributed by atoms with van der Waals surface area (Å²) in [6.45, 7) is 9.76. The van der Waals surface area contributed by atoms with E-state index in [1.807, 2.05) is 6.07 Å². The van der Waals surface area contributed by atoms with Crippen LogP contribution < -0.4 is 0 Å². The van der Waals surface area contributed by atoms with Gasteiger partial charge in [-0.25, -0.2) is 4.63 Å². The molecule has 0 spiro atoms. The van der Waals surface area contributed by atoms with Crippen LogP contribution in [0.15, 0.2) is 22.8 Å². The molecule has 0 N–H and O–H groups in total. The molecule has 3 aliphatic rings. The Hall–Kier alpha value is -1.50. The molecule has 1 aliphatic carbocycles. The fourth-order valence-electron chi connectivity index (χ4n) is 6.10. The number of fused-ring (bicyclic) bond motifs is 1. The predicted molar refractivity (Wildman–Crippen MR) is 124 cm³/mol. The SMILES string of the molecule is c1cc2nonc2cc1CN(CCN1CCCCC1)C[C@H]1CCCN(C2CCCC2)C1. The second-order valence-electron chi connectivity index (χ2n) is 10.2. The number of benzene rings is 1.